The Balaban J connectivity index is 4.39. The third kappa shape index (κ3) is 51.2. The smallest absolute Gasteiger partial charge is 0.268 e. The Hall–Kier alpha value is 1.17. The van der Waals surface area contributed by atoms with Crippen LogP contribution in [-0.4, -0.2) is 155 Å². The fraction of sp³-hybridized carbons (Fsp3) is 1.00. The van der Waals surface area contributed by atoms with Crippen molar-refractivity contribution in [3.63, 3.8) is 0 Å². The fourth-order valence-corrected chi connectivity index (χ4v) is 12.1. The van der Waals surface area contributed by atoms with Gasteiger partial charge < -0.3 is 159 Å². The summed E-state index contributed by atoms with van der Waals surface area (Å²) < 4.78 is 222. The van der Waals surface area contributed by atoms with Gasteiger partial charge in [0.25, 0.3) is 86.0 Å². The highest BCUT2D eigenvalue weighted by molar-refractivity contribution is 7.48. The zero-order valence-corrected chi connectivity index (χ0v) is 55.6. The van der Waals surface area contributed by atoms with Crippen LogP contribution >= 0.6 is 86.0 Å². The third-order valence-corrected chi connectivity index (χ3v) is 19.3. The van der Waals surface area contributed by atoms with E-state index in [9.17, 15) is 104 Å². The Morgan fingerprint density at radius 1 is 0.241 bits per heavy atom. The number of hydrogen-bond acceptors (Lipinski definition) is 44. The normalized spacial score (nSPS) is 21.1. The van der Waals surface area contributed by atoms with Gasteiger partial charge in [-0.1, -0.05) is 20.8 Å². The summed E-state index contributed by atoms with van der Waals surface area (Å²) in [4.78, 5) is 138. The predicted molar refractivity (Wildman–Crippen MR) is 259 cm³/mol. The molecule has 87 heavy (non-hydrogen) atoms. The zero-order chi connectivity index (χ0) is 66.8. The lowest BCUT2D eigenvalue weighted by atomic mass is 10.1. The van der Waals surface area contributed by atoms with Gasteiger partial charge in [-0.05, 0) is 19.3 Å². The van der Waals surface area contributed by atoms with Gasteiger partial charge in [-0.3, -0.25) is 50.2 Å². The molecule has 14 unspecified atom stereocenters. The minimum Gasteiger partial charge on any atom is -0.756 e. The van der Waals surface area contributed by atoms with Crippen LogP contribution in [0.3, 0.4) is 0 Å². The second kappa shape index (κ2) is 43.4. The van der Waals surface area contributed by atoms with Crippen LogP contribution in [0.15, 0.2) is 0 Å². The first-order valence-electron chi connectivity index (χ1n) is 24.2. The van der Waals surface area contributed by atoms with Crippen molar-refractivity contribution >= 4 is 86.0 Å². The van der Waals surface area contributed by atoms with E-state index in [1.54, 1.807) is 6.92 Å². The summed E-state index contributed by atoms with van der Waals surface area (Å²) in [5.41, 5.74) is 0. The number of hydrogen-bond donors (Lipinski definition) is 2. The molecule has 0 bridgehead atoms. The van der Waals surface area contributed by atoms with E-state index >= 15 is 0 Å². The SMILES string of the molecule is CCC(CO)COP(=O)([O-])OCCOP(=O)([O-])OCCOP(=O)([O-])OCCOP(=O)([O-])OCCOP(=O)([O-])OCC(CC)COP(=O)([O-])OCCOP(=O)([O-])OCCOP(=O)([O-])OCCOP(=O)([O-])OCCOP(=O)([O-])OCC(CC)COP(=O)([O-])O. The molecule has 0 aromatic rings. The number of phosphoric acid groups is 11. The molecule has 0 saturated carbocycles. The van der Waals surface area contributed by atoms with Gasteiger partial charge in [-0.15, -0.1) is 0 Å². The van der Waals surface area contributed by atoms with E-state index in [1.807, 2.05) is 0 Å². The van der Waals surface area contributed by atoms with E-state index < -0.39 is 243 Å². The molecule has 14 atom stereocenters. The number of rotatable bonds is 59. The second-order valence-corrected chi connectivity index (χ2v) is 31.1. The minimum absolute atomic E-state index is 0.00176. The monoisotopic (exact) mass is 1500 g/mol. The van der Waals surface area contributed by atoms with E-state index in [0.717, 1.165) is 0 Å². The molecule has 0 fully saturated rings. The van der Waals surface area contributed by atoms with Crippen LogP contribution in [0, 0.1) is 17.8 Å². The third-order valence-electron chi connectivity index (χ3n) is 8.99. The molecular weight excluding hydrogens is 1430 g/mol. The van der Waals surface area contributed by atoms with Crippen molar-refractivity contribution in [2.45, 2.75) is 40.0 Å². The standard InChI is InChI=1S/C31H75O45P11/c1-4-29(23-32)24-73-84(48,49)68-19-15-64-80(40,41)60-11-7-56-78(36,37)58-9-13-62-82(44,45)66-17-21-70-86(52,53)75-27-31(6-3)28-76-87(54,55)71-22-18-67-83(46,47)63-14-10-59-79(38,39)57-8-12-61-81(42,43)65-16-20-69-85(50,51)74-26-30(5-2)25-72-77(33,34)35/h29-32H,4-28H2,1-3H3,(H,36,37)(H,38,39)(H,40,41)(H,42,43)(H,44,45)(H,46,47)(H,48,49)(H,50,51)(H,52,53)(H,54,55)(H2,33,34,35)/p-11. The first-order valence-corrected chi connectivity index (χ1v) is 40.3. The van der Waals surface area contributed by atoms with E-state index in [2.05, 4.69) is 95.0 Å². The van der Waals surface area contributed by atoms with Gasteiger partial charge in [0, 0.05) is 24.4 Å². The van der Waals surface area contributed by atoms with Crippen LogP contribution in [0.4, 0.5) is 0 Å². The lowest BCUT2D eigenvalue weighted by molar-refractivity contribution is -0.238. The van der Waals surface area contributed by atoms with Gasteiger partial charge in [-0.25, -0.2) is 0 Å². The molecule has 0 radical (unpaired) electrons. The summed E-state index contributed by atoms with van der Waals surface area (Å²) >= 11 is 0. The molecule has 0 aliphatic rings. The van der Waals surface area contributed by atoms with Crippen molar-refractivity contribution in [3.05, 3.63) is 0 Å². The molecule has 56 heteroatoms. The van der Waals surface area contributed by atoms with Crippen molar-refractivity contribution in [3.8, 4) is 0 Å². The van der Waals surface area contributed by atoms with Gasteiger partial charge >= 0.3 is 0 Å². The van der Waals surface area contributed by atoms with Crippen molar-refractivity contribution in [1.82, 2.24) is 0 Å². The molecule has 0 heterocycles. The molecule has 0 saturated heterocycles. The maximum absolute atomic E-state index is 12.2. The second-order valence-electron chi connectivity index (χ2n) is 15.8. The molecule has 0 rings (SSSR count). The highest BCUT2D eigenvalue weighted by atomic mass is 31.2. The van der Waals surface area contributed by atoms with Crippen molar-refractivity contribution in [2.75, 3.05) is 145 Å². The molecule has 0 amide bonds. The Labute approximate surface area is 496 Å². The number of phosphoric ester groups is 11. The van der Waals surface area contributed by atoms with Crippen LogP contribution in [0.1, 0.15) is 40.0 Å². The molecule has 45 nitrogen and oxygen atoms in total. The molecular formula is C31H64O45P11-11. The van der Waals surface area contributed by atoms with Gasteiger partial charge in [-0.2, -0.15) is 0 Å². The summed E-state index contributed by atoms with van der Waals surface area (Å²) in [6.07, 6.45) is 0.536. The Kier molecular flexibility index (Phi) is 43.9. The Morgan fingerprint density at radius 2 is 0.368 bits per heavy atom. The van der Waals surface area contributed by atoms with E-state index in [1.165, 1.54) is 13.8 Å². The summed E-state index contributed by atoms with van der Waals surface area (Å²) in [5.74, 6) is -2.33. The van der Waals surface area contributed by atoms with Crippen molar-refractivity contribution in [1.29, 1.82) is 0 Å². The summed E-state index contributed by atoms with van der Waals surface area (Å²) in [6.45, 7) is -14.8. The Morgan fingerprint density at radius 3 is 0.494 bits per heavy atom. The van der Waals surface area contributed by atoms with Crippen LogP contribution in [0.2, 0.25) is 0 Å². The molecule has 2 N–H and O–H groups in total. The van der Waals surface area contributed by atoms with Crippen molar-refractivity contribution in [2.24, 2.45) is 17.8 Å². The van der Waals surface area contributed by atoms with E-state index in [0.29, 0.717) is 6.42 Å². The quantitative estimate of drug-likeness (QED) is 0.0442. The minimum atomic E-state index is -5.29. The lowest BCUT2D eigenvalue weighted by Crippen LogP contribution is -2.21. The average molecular weight is 1500 g/mol. The summed E-state index contributed by atoms with van der Waals surface area (Å²) in [7, 11) is -56.9. The summed E-state index contributed by atoms with van der Waals surface area (Å²) in [6, 6.07) is 0. The zero-order valence-electron chi connectivity index (χ0n) is 45.8. The van der Waals surface area contributed by atoms with Crippen LogP contribution in [-0.2, 0) is 145 Å². The topological polar surface area (TPSA) is 676 Å². The largest absolute Gasteiger partial charge is 0.756 e. The summed E-state index contributed by atoms with van der Waals surface area (Å²) in [5, 5.41) is 9.06. The van der Waals surface area contributed by atoms with Crippen LogP contribution in [0.5, 0.6) is 0 Å². The molecule has 0 aliphatic heterocycles. The molecule has 0 aromatic carbocycles. The van der Waals surface area contributed by atoms with Gasteiger partial charge in [0.15, 0.2) is 0 Å². The van der Waals surface area contributed by atoms with Crippen LogP contribution in [0.25, 0.3) is 0 Å². The first-order chi connectivity index (χ1) is 39.9. The van der Waals surface area contributed by atoms with E-state index in [-0.39, 0.29) is 19.4 Å². The van der Waals surface area contributed by atoms with Gasteiger partial charge in [0.05, 0.1) is 139 Å². The Bertz CT molecular complexity index is 2480. The highest BCUT2D eigenvalue weighted by Crippen LogP contribution is 2.47. The molecule has 524 valence electrons. The lowest BCUT2D eigenvalue weighted by Gasteiger charge is -2.28. The average Bonchev–Trinajstić information content (AvgIpc) is 3.57. The van der Waals surface area contributed by atoms with Crippen LogP contribution < -0.4 is 53.8 Å². The highest BCUT2D eigenvalue weighted by Gasteiger charge is 2.23. The fourth-order valence-electron chi connectivity index (χ4n) is 4.61. The van der Waals surface area contributed by atoms with Gasteiger partial charge in [0.1, 0.15) is 0 Å². The maximum atomic E-state index is 12.2. The maximum Gasteiger partial charge on any atom is 0.268 e. The molecule has 0 spiro atoms. The predicted octanol–water partition coefficient (Wildman–Crippen LogP) is -3.45. The van der Waals surface area contributed by atoms with Gasteiger partial charge in [0.2, 0.25) is 0 Å². The van der Waals surface area contributed by atoms with Crippen molar-refractivity contribution < 1.29 is 209 Å². The molecule has 0 aliphatic carbocycles. The first kappa shape index (κ1) is 88.2. The number of aliphatic hydroxyl groups is 1. The van der Waals surface area contributed by atoms with E-state index in [4.69, 9.17) is 10.00 Å². The molecule has 0 aromatic heterocycles. The number of aliphatic hydroxyl groups excluding tert-OH is 1.